The van der Waals surface area contributed by atoms with Gasteiger partial charge in [-0.2, -0.15) is 4.98 Å². The van der Waals surface area contributed by atoms with Crippen molar-refractivity contribution in [2.24, 2.45) is 0 Å². The Morgan fingerprint density at radius 2 is 2.07 bits per heavy atom. The number of rotatable bonds is 7. The van der Waals surface area contributed by atoms with Crippen molar-refractivity contribution in [2.45, 2.75) is 13.0 Å². The van der Waals surface area contributed by atoms with Crippen molar-refractivity contribution in [2.75, 3.05) is 6.54 Å². The van der Waals surface area contributed by atoms with Crippen molar-refractivity contribution in [1.29, 1.82) is 0 Å². The molecule has 1 amide bonds. The first-order chi connectivity index (χ1) is 13.1. The van der Waals surface area contributed by atoms with Crippen LogP contribution in [0.15, 0.2) is 60.5 Å². The van der Waals surface area contributed by atoms with Crippen molar-refractivity contribution >= 4 is 23.2 Å². The van der Waals surface area contributed by atoms with Gasteiger partial charge in [0.25, 0.3) is 11.7 Å². The van der Waals surface area contributed by atoms with Gasteiger partial charge in [-0.3, -0.25) is 4.79 Å². The molecule has 3 aromatic rings. The predicted molar refractivity (Wildman–Crippen MR) is 103 cm³/mol. The fourth-order valence-corrected chi connectivity index (χ4v) is 2.99. The fraction of sp³-hybridized carbons (Fsp3) is 0.158. The number of hydrogen-bond acceptors (Lipinski definition) is 6. The van der Waals surface area contributed by atoms with E-state index in [1.165, 1.54) is 18.3 Å². The second-order valence-corrected chi connectivity index (χ2v) is 6.51. The van der Waals surface area contributed by atoms with Crippen LogP contribution >= 0.6 is 11.3 Å². The maximum absolute atomic E-state index is 12.4. The highest BCUT2D eigenvalue weighted by Gasteiger charge is 2.24. The highest BCUT2D eigenvalue weighted by molar-refractivity contribution is 7.13. The Morgan fingerprint density at radius 1 is 1.30 bits per heavy atom. The summed E-state index contributed by atoms with van der Waals surface area (Å²) in [5.74, 6) is -0.745. The van der Waals surface area contributed by atoms with E-state index in [9.17, 15) is 9.59 Å². The average molecular weight is 382 g/mol. The minimum atomic E-state index is -0.966. The minimum absolute atomic E-state index is 0.106. The third-order valence-electron chi connectivity index (χ3n) is 3.61. The molecular formula is C19H18N4O3S. The van der Waals surface area contributed by atoms with E-state index >= 15 is 0 Å². The molecule has 1 atom stereocenters. The Morgan fingerprint density at radius 3 is 2.74 bits per heavy atom. The Bertz CT molecular complexity index is 935. The van der Waals surface area contributed by atoms with Crippen LogP contribution in [0.5, 0.6) is 0 Å². The van der Waals surface area contributed by atoms with Crippen molar-refractivity contribution in [3.05, 3.63) is 66.3 Å². The molecule has 0 aliphatic carbocycles. The number of benzene rings is 1. The molecule has 0 saturated heterocycles. The molecule has 0 aliphatic rings. The highest BCUT2D eigenvalue weighted by atomic mass is 32.1. The zero-order valence-electron chi connectivity index (χ0n) is 14.7. The normalized spacial score (nSPS) is 11.6. The minimum Gasteiger partial charge on any atom is -0.447 e. The van der Waals surface area contributed by atoms with Crippen LogP contribution in [0, 0.1) is 0 Å². The van der Waals surface area contributed by atoms with Crippen LogP contribution in [0.25, 0.3) is 16.4 Å². The van der Waals surface area contributed by atoms with Gasteiger partial charge in [0.15, 0.2) is 11.9 Å². The van der Waals surface area contributed by atoms with Crippen molar-refractivity contribution in [1.82, 2.24) is 20.1 Å². The summed E-state index contributed by atoms with van der Waals surface area (Å²) in [5.41, 5.74) is 0.768. The molecule has 0 bridgehead atoms. The van der Waals surface area contributed by atoms with Crippen molar-refractivity contribution < 1.29 is 14.3 Å². The summed E-state index contributed by atoms with van der Waals surface area (Å²) in [6.07, 6.45) is 0.578. The lowest BCUT2D eigenvalue weighted by Crippen LogP contribution is -2.36. The lowest BCUT2D eigenvalue weighted by atomic mass is 10.3. The Kier molecular flexibility index (Phi) is 5.77. The van der Waals surface area contributed by atoms with Crippen LogP contribution in [0.4, 0.5) is 0 Å². The molecule has 138 valence electrons. The number of hydrogen-bond donors (Lipinski definition) is 1. The third kappa shape index (κ3) is 4.29. The van der Waals surface area contributed by atoms with E-state index in [0.717, 1.165) is 10.6 Å². The standard InChI is InChI=1S/C19H18N4O3S/c1-3-11-20-18(24)13(2)26-19(25)16-21-17(15-10-7-12-27-15)23(22-16)14-8-5-4-6-9-14/h3-10,12-13H,1,11H2,2H3,(H,20,24). The highest BCUT2D eigenvalue weighted by Crippen LogP contribution is 2.25. The summed E-state index contributed by atoms with van der Waals surface area (Å²) in [6, 6.07) is 13.2. The summed E-state index contributed by atoms with van der Waals surface area (Å²) in [7, 11) is 0. The molecule has 0 saturated carbocycles. The topological polar surface area (TPSA) is 86.1 Å². The lowest BCUT2D eigenvalue weighted by molar-refractivity contribution is -0.128. The first-order valence-corrected chi connectivity index (χ1v) is 9.14. The summed E-state index contributed by atoms with van der Waals surface area (Å²) >= 11 is 1.49. The zero-order valence-corrected chi connectivity index (χ0v) is 15.5. The molecule has 2 aromatic heterocycles. The van der Waals surface area contributed by atoms with E-state index in [4.69, 9.17) is 4.74 Å². The molecule has 8 heteroatoms. The molecule has 7 nitrogen and oxygen atoms in total. The van der Waals surface area contributed by atoms with Crippen LogP contribution in [0.3, 0.4) is 0 Å². The SMILES string of the molecule is C=CCNC(=O)C(C)OC(=O)c1nc(-c2cccs2)n(-c2ccccc2)n1. The molecule has 0 fully saturated rings. The number of amides is 1. The van der Waals surface area contributed by atoms with E-state index < -0.39 is 18.0 Å². The van der Waals surface area contributed by atoms with E-state index in [-0.39, 0.29) is 5.82 Å². The first kappa shape index (κ1) is 18.5. The second kappa shape index (κ2) is 8.41. The fourth-order valence-electron chi connectivity index (χ4n) is 2.30. The van der Waals surface area contributed by atoms with Crippen LogP contribution in [-0.2, 0) is 9.53 Å². The first-order valence-electron chi connectivity index (χ1n) is 8.26. The number of aromatic nitrogens is 3. The monoisotopic (exact) mass is 382 g/mol. The maximum atomic E-state index is 12.4. The van der Waals surface area contributed by atoms with E-state index in [1.54, 1.807) is 10.8 Å². The number of thiophene rings is 1. The van der Waals surface area contributed by atoms with Crippen LogP contribution in [0.1, 0.15) is 17.5 Å². The molecule has 1 aromatic carbocycles. The molecule has 2 heterocycles. The number of para-hydroxylation sites is 1. The molecule has 0 spiro atoms. The number of nitrogens with one attached hydrogen (secondary N) is 1. The molecule has 1 N–H and O–H groups in total. The van der Waals surface area contributed by atoms with Gasteiger partial charge in [0, 0.05) is 6.54 Å². The van der Waals surface area contributed by atoms with Crippen LogP contribution in [0.2, 0.25) is 0 Å². The summed E-state index contributed by atoms with van der Waals surface area (Å²) in [5, 5.41) is 8.80. The van der Waals surface area contributed by atoms with Gasteiger partial charge < -0.3 is 10.1 Å². The maximum Gasteiger partial charge on any atom is 0.379 e. The predicted octanol–water partition coefficient (Wildman–Crippen LogP) is 2.84. The van der Waals surface area contributed by atoms with Crippen LogP contribution < -0.4 is 5.32 Å². The molecule has 1 unspecified atom stereocenters. The average Bonchev–Trinajstić information content (AvgIpc) is 3.36. The van der Waals surface area contributed by atoms with Crippen molar-refractivity contribution in [3.8, 4) is 16.4 Å². The van der Waals surface area contributed by atoms with Gasteiger partial charge in [-0.05, 0) is 30.5 Å². The Hall–Kier alpha value is -3.26. The quantitative estimate of drug-likeness (QED) is 0.502. The molecular weight excluding hydrogens is 364 g/mol. The number of ether oxygens (including phenoxy) is 1. The second-order valence-electron chi connectivity index (χ2n) is 5.57. The van der Waals surface area contributed by atoms with E-state index in [1.807, 2.05) is 47.8 Å². The van der Waals surface area contributed by atoms with Gasteiger partial charge in [0.1, 0.15) is 0 Å². The van der Waals surface area contributed by atoms with E-state index in [0.29, 0.717) is 12.4 Å². The number of esters is 1. The smallest absolute Gasteiger partial charge is 0.379 e. The van der Waals surface area contributed by atoms with Gasteiger partial charge in [0.05, 0.1) is 10.6 Å². The molecule has 3 rings (SSSR count). The summed E-state index contributed by atoms with van der Waals surface area (Å²) in [4.78, 5) is 29.5. The van der Waals surface area contributed by atoms with Crippen molar-refractivity contribution in [3.63, 3.8) is 0 Å². The molecule has 27 heavy (non-hydrogen) atoms. The number of carbonyl (C=O) groups is 2. The zero-order chi connectivity index (χ0) is 19.2. The van der Waals surface area contributed by atoms with Gasteiger partial charge in [0.2, 0.25) is 0 Å². The summed E-state index contributed by atoms with van der Waals surface area (Å²) in [6.45, 7) is 5.31. The van der Waals surface area contributed by atoms with Crippen LogP contribution in [-0.4, -0.2) is 39.3 Å². The Balaban J connectivity index is 1.87. The largest absolute Gasteiger partial charge is 0.447 e. The third-order valence-corrected chi connectivity index (χ3v) is 4.47. The number of carbonyl (C=O) groups excluding carboxylic acids is 2. The summed E-state index contributed by atoms with van der Waals surface area (Å²) < 4.78 is 6.78. The van der Waals surface area contributed by atoms with Gasteiger partial charge in [-0.15, -0.1) is 23.0 Å². The Labute approximate surface area is 160 Å². The van der Waals surface area contributed by atoms with Gasteiger partial charge >= 0.3 is 5.97 Å². The van der Waals surface area contributed by atoms with E-state index in [2.05, 4.69) is 22.0 Å². The number of nitrogens with zero attached hydrogens (tertiary/aromatic N) is 3. The van der Waals surface area contributed by atoms with Gasteiger partial charge in [-0.25, -0.2) is 9.48 Å². The molecule has 0 aliphatic heterocycles. The molecule has 0 radical (unpaired) electrons. The van der Waals surface area contributed by atoms with Gasteiger partial charge in [-0.1, -0.05) is 30.3 Å². The lowest BCUT2D eigenvalue weighted by Gasteiger charge is -2.11.